The summed E-state index contributed by atoms with van der Waals surface area (Å²) in [5.41, 5.74) is 8.74. The summed E-state index contributed by atoms with van der Waals surface area (Å²) in [5.74, 6) is 4.99. The average Bonchev–Trinajstić information content (AvgIpc) is 2.38. The smallest absolute Gasteiger partial charge is 0.335 e. The second kappa shape index (κ2) is 6.84. The molecule has 0 fully saturated rings. The summed E-state index contributed by atoms with van der Waals surface area (Å²) in [7, 11) is 1.46. The molecule has 0 aliphatic heterocycles. The Hall–Kier alpha value is -2.64. The van der Waals surface area contributed by atoms with Gasteiger partial charge in [-0.25, -0.2) is 4.79 Å². The van der Waals surface area contributed by atoms with E-state index in [-0.39, 0.29) is 5.56 Å². The van der Waals surface area contributed by atoms with E-state index in [1.807, 2.05) is 0 Å². The summed E-state index contributed by atoms with van der Waals surface area (Å²) in [6.45, 7) is 0.291. The summed E-state index contributed by atoms with van der Waals surface area (Å²) in [4.78, 5) is 13.5. The molecule has 0 saturated heterocycles. The molecule has 6 nitrogen and oxygen atoms in total. The Morgan fingerprint density at radius 1 is 1.56 bits per heavy atom. The first-order valence-electron chi connectivity index (χ1n) is 5.09. The third-order valence-electron chi connectivity index (χ3n) is 2.02. The van der Waals surface area contributed by atoms with Crippen molar-refractivity contribution >= 4 is 5.97 Å². The fraction of sp³-hybridized carbons (Fsp3) is 0.250. The van der Waals surface area contributed by atoms with Crippen LogP contribution in [0.25, 0.3) is 10.4 Å². The van der Waals surface area contributed by atoms with Crippen molar-refractivity contribution in [3.8, 4) is 17.6 Å². The van der Waals surface area contributed by atoms with E-state index in [0.29, 0.717) is 24.3 Å². The molecule has 0 aromatic heterocycles. The molecule has 1 rings (SSSR count). The van der Waals surface area contributed by atoms with Gasteiger partial charge in [0.15, 0.2) is 0 Å². The van der Waals surface area contributed by atoms with Gasteiger partial charge in [-0.2, -0.15) is 0 Å². The Morgan fingerprint density at radius 2 is 2.33 bits per heavy atom. The minimum absolute atomic E-state index is 0.119. The molecule has 1 N–H and O–H groups in total. The van der Waals surface area contributed by atoms with Gasteiger partial charge in [-0.3, -0.25) is 0 Å². The summed E-state index contributed by atoms with van der Waals surface area (Å²) >= 11 is 0. The standard InChI is InChI=1S/C12H11N3O3/c1-18-11-7-9(4-2-3-5-14-15-13)6-10(8-11)12(16)17/h6-8H,3,5H2,1H3,(H,16,17). The van der Waals surface area contributed by atoms with Gasteiger partial charge in [0, 0.05) is 23.4 Å². The number of ether oxygens (including phenoxy) is 1. The van der Waals surface area contributed by atoms with E-state index < -0.39 is 5.97 Å². The Labute approximate surface area is 104 Å². The number of methoxy groups -OCH3 is 1. The number of nitrogens with zero attached hydrogens (tertiary/aromatic N) is 3. The van der Waals surface area contributed by atoms with Crippen LogP contribution in [0.3, 0.4) is 0 Å². The molecule has 0 unspecified atom stereocenters. The normalized spacial score (nSPS) is 8.72. The molecule has 0 saturated carbocycles. The van der Waals surface area contributed by atoms with Crippen LogP contribution in [0.5, 0.6) is 5.75 Å². The van der Waals surface area contributed by atoms with Crippen molar-refractivity contribution < 1.29 is 14.6 Å². The van der Waals surface area contributed by atoms with Crippen molar-refractivity contribution in [2.24, 2.45) is 5.11 Å². The summed E-state index contributed by atoms with van der Waals surface area (Å²) in [5, 5.41) is 12.3. The first-order chi connectivity index (χ1) is 8.67. The number of carboxylic acids is 1. The lowest BCUT2D eigenvalue weighted by molar-refractivity contribution is 0.0696. The van der Waals surface area contributed by atoms with E-state index >= 15 is 0 Å². The summed E-state index contributed by atoms with van der Waals surface area (Å²) < 4.78 is 4.99. The lowest BCUT2D eigenvalue weighted by atomic mass is 10.1. The lowest BCUT2D eigenvalue weighted by Crippen LogP contribution is -1.98. The van der Waals surface area contributed by atoms with Crippen LogP contribution >= 0.6 is 0 Å². The number of azide groups is 1. The van der Waals surface area contributed by atoms with E-state index in [1.54, 1.807) is 6.07 Å². The number of hydrogen-bond acceptors (Lipinski definition) is 3. The Balaban J connectivity index is 2.90. The number of carboxylic acid groups (broad SMARTS) is 1. The highest BCUT2D eigenvalue weighted by Crippen LogP contribution is 2.16. The Kier molecular flexibility index (Phi) is 5.10. The fourth-order valence-electron chi connectivity index (χ4n) is 1.23. The molecular formula is C12H11N3O3. The maximum Gasteiger partial charge on any atom is 0.335 e. The molecule has 0 spiro atoms. The van der Waals surface area contributed by atoms with E-state index in [4.69, 9.17) is 15.4 Å². The molecule has 18 heavy (non-hydrogen) atoms. The van der Waals surface area contributed by atoms with Gasteiger partial charge in [0.2, 0.25) is 0 Å². The van der Waals surface area contributed by atoms with E-state index in [1.165, 1.54) is 19.2 Å². The lowest BCUT2D eigenvalue weighted by Gasteiger charge is -2.02. The predicted molar refractivity (Wildman–Crippen MR) is 65.5 cm³/mol. The van der Waals surface area contributed by atoms with Crippen LogP contribution < -0.4 is 4.74 Å². The van der Waals surface area contributed by atoms with Crippen LogP contribution in [0.2, 0.25) is 0 Å². The van der Waals surface area contributed by atoms with Crippen molar-refractivity contribution in [1.29, 1.82) is 0 Å². The van der Waals surface area contributed by atoms with Crippen molar-refractivity contribution in [3.05, 3.63) is 39.8 Å². The summed E-state index contributed by atoms with van der Waals surface area (Å²) in [6, 6.07) is 4.53. The van der Waals surface area contributed by atoms with E-state index in [9.17, 15) is 4.79 Å². The number of benzene rings is 1. The molecular weight excluding hydrogens is 234 g/mol. The van der Waals surface area contributed by atoms with Gasteiger partial charge in [0.05, 0.1) is 12.7 Å². The van der Waals surface area contributed by atoms with Crippen LogP contribution in [0, 0.1) is 11.8 Å². The van der Waals surface area contributed by atoms with Crippen LogP contribution in [0.15, 0.2) is 23.3 Å². The predicted octanol–water partition coefficient (Wildman–Crippen LogP) is 2.45. The Morgan fingerprint density at radius 3 is 2.94 bits per heavy atom. The molecule has 0 radical (unpaired) electrons. The van der Waals surface area contributed by atoms with Gasteiger partial charge >= 0.3 is 5.97 Å². The maximum absolute atomic E-state index is 10.9. The molecule has 92 valence electrons. The van der Waals surface area contributed by atoms with Crippen LogP contribution in [0.1, 0.15) is 22.3 Å². The zero-order valence-corrected chi connectivity index (χ0v) is 9.75. The third-order valence-corrected chi connectivity index (χ3v) is 2.02. The topological polar surface area (TPSA) is 95.3 Å². The van der Waals surface area contributed by atoms with Gasteiger partial charge in [0.1, 0.15) is 5.75 Å². The molecule has 0 aliphatic rings. The van der Waals surface area contributed by atoms with Gasteiger partial charge in [-0.05, 0) is 23.7 Å². The number of carbonyl (C=O) groups is 1. The molecule has 0 atom stereocenters. The third kappa shape index (κ3) is 4.08. The van der Waals surface area contributed by atoms with Gasteiger partial charge in [-0.15, -0.1) is 0 Å². The van der Waals surface area contributed by atoms with Crippen molar-refractivity contribution in [3.63, 3.8) is 0 Å². The van der Waals surface area contributed by atoms with Gasteiger partial charge in [0.25, 0.3) is 0 Å². The molecule has 1 aromatic carbocycles. The highest BCUT2D eigenvalue weighted by Gasteiger charge is 2.06. The second-order valence-electron chi connectivity index (χ2n) is 3.26. The van der Waals surface area contributed by atoms with Crippen LogP contribution in [-0.2, 0) is 0 Å². The van der Waals surface area contributed by atoms with Crippen molar-refractivity contribution in [2.45, 2.75) is 6.42 Å². The highest BCUT2D eigenvalue weighted by atomic mass is 16.5. The SMILES string of the molecule is COc1cc(C#CCCN=[N+]=[N-])cc(C(=O)O)c1. The molecule has 0 heterocycles. The van der Waals surface area contributed by atoms with Gasteiger partial charge in [-0.1, -0.05) is 17.0 Å². The second-order valence-corrected chi connectivity index (χ2v) is 3.26. The largest absolute Gasteiger partial charge is 0.497 e. The minimum Gasteiger partial charge on any atom is -0.497 e. The molecule has 0 amide bonds. The number of hydrogen-bond donors (Lipinski definition) is 1. The zero-order chi connectivity index (χ0) is 13.4. The molecule has 6 heteroatoms. The Bertz CT molecular complexity index is 551. The highest BCUT2D eigenvalue weighted by molar-refractivity contribution is 5.88. The maximum atomic E-state index is 10.9. The van der Waals surface area contributed by atoms with Crippen LogP contribution in [0.4, 0.5) is 0 Å². The number of rotatable bonds is 4. The zero-order valence-electron chi connectivity index (χ0n) is 9.75. The van der Waals surface area contributed by atoms with Gasteiger partial charge < -0.3 is 9.84 Å². The minimum atomic E-state index is -1.04. The monoisotopic (exact) mass is 245 g/mol. The molecule has 0 aliphatic carbocycles. The molecule has 1 aromatic rings. The first kappa shape index (κ1) is 13.4. The van der Waals surface area contributed by atoms with Crippen molar-refractivity contribution in [1.82, 2.24) is 0 Å². The first-order valence-corrected chi connectivity index (χ1v) is 5.09. The quantitative estimate of drug-likeness (QED) is 0.290. The molecule has 0 bridgehead atoms. The summed E-state index contributed by atoms with van der Waals surface area (Å²) in [6.07, 6.45) is 0.420. The van der Waals surface area contributed by atoms with E-state index in [2.05, 4.69) is 21.9 Å². The number of aromatic carboxylic acids is 1. The van der Waals surface area contributed by atoms with E-state index in [0.717, 1.165) is 0 Å². The fourth-order valence-corrected chi connectivity index (χ4v) is 1.23. The van der Waals surface area contributed by atoms with Crippen molar-refractivity contribution in [2.75, 3.05) is 13.7 Å². The van der Waals surface area contributed by atoms with Crippen LogP contribution in [-0.4, -0.2) is 24.7 Å². The average molecular weight is 245 g/mol.